The van der Waals surface area contributed by atoms with Crippen LogP contribution in [-0.4, -0.2) is 26.7 Å². The fourth-order valence-electron chi connectivity index (χ4n) is 1.62. The number of nitrogens with zero attached hydrogens (tertiary/aromatic N) is 3. The molecule has 1 aromatic heterocycles. The number of anilines is 1. The second-order valence-electron chi connectivity index (χ2n) is 4.97. The van der Waals surface area contributed by atoms with Crippen molar-refractivity contribution in [1.82, 2.24) is 9.78 Å². The van der Waals surface area contributed by atoms with Crippen molar-refractivity contribution in [3.8, 4) is 0 Å². The van der Waals surface area contributed by atoms with Crippen LogP contribution in [0.1, 0.15) is 33.7 Å². The highest BCUT2D eigenvalue weighted by Gasteiger charge is 2.22. The molecule has 1 atom stereocenters. The highest BCUT2D eigenvalue weighted by Crippen LogP contribution is 2.27. The van der Waals surface area contributed by atoms with E-state index in [4.69, 9.17) is 0 Å². The average Bonchev–Trinajstić information content (AvgIpc) is 2.87. The molecule has 0 bridgehead atoms. The van der Waals surface area contributed by atoms with Crippen LogP contribution in [0.25, 0.3) is 0 Å². The molecule has 0 radical (unpaired) electrons. The Morgan fingerprint density at radius 3 is 2.71 bits per heavy atom. The Bertz CT molecular complexity index is 408. The quantitative estimate of drug-likeness (QED) is 0.899. The van der Waals surface area contributed by atoms with Crippen LogP contribution in [0.15, 0.2) is 17.4 Å². The zero-order chi connectivity index (χ0) is 12.4. The molecule has 1 N–H and O–H groups in total. The Hall–Kier alpha value is -0.970. The first-order valence-corrected chi connectivity index (χ1v) is 6.96. The first kappa shape index (κ1) is 12.5. The highest BCUT2D eigenvalue weighted by molar-refractivity contribution is 8.15. The van der Waals surface area contributed by atoms with Crippen LogP contribution >= 0.6 is 11.8 Å². The van der Waals surface area contributed by atoms with Crippen LogP contribution in [0.2, 0.25) is 0 Å². The van der Waals surface area contributed by atoms with Crippen LogP contribution in [0, 0.1) is 5.92 Å². The van der Waals surface area contributed by atoms with Gasteiger partial charge in [-0.2, -0.15) is 5.10 Å². The number of hydrogen-bond acceptors (Lipinski definition) is 4. The van der Waals surface area contributed by atoms with Gasteiger partial charge in [0.2, 0.25) is 0 Å². The number of thioether (sulfide) groups is 1. The van der Waals surface area contributed by atoms with Gasteiger partial charge in [-0.05, 0) is 19.8 Å². The molecular formula is C12H20N4S. The van der Waals surface area contributed by atoms with Crippen LogP contribution in [0.4, 0.5) is 5.69 Å². The summed E-state index contributed by atoms with van der Waals surface area (Å²) in [5.41, 5.74) is 1.02. The van der Waals surface area contributed by atoms with Gasteiger partial charge in [0.25, 0.3) is 0 Å². The van der Waals surface area contributed by atoms with Gasteiger partial charge in [0, 0.05) is 17.5 Å². The van der Waals surface area contributed by atoms with Crippen molar-refractivity contribution in [3.05, 3.63) is 12.4 Å². The zero-order valence-electron chi connectivity index (χ0n) is 10.8. The van der Waals surface area contributed by atoms with E-state index in [1.165, 1.54) is 0 Å². The fourth-order valence-corrected chi connectivity index (χ4v) is 2.65. The van der Waals surface area contributed by atoms with Gasteiger partial charge in [-0.15, -0.1) is 0 Å². The summed E-state index contributed by atoms with van der Waals surface area (Å²) in [6.45, 7) is 9.64. The van der Waals surface area contributed by atoms with E-state index in [2.05, 4.69) is 43.1 Å². The summed E-state index contributed by atoms with van der Waals surface area (Å²) >= 11 is 1.83. The van der Waals surface area contributed by atoms with Crippen LogP contribution < -0.4 is 5.32 Å². The smallest absolute Gasteiger partial charge is 0.161 e. The van der Waals surface area contributed by atoms with Crippen molar-refractivity contribution in [1.29, 1.82) is 0 Å². The van der Waals surface area contributed by atoms with Gasteiger partial charge in [0.05, 0.1) is 18.4 Å². The Kier molecular flexibility index (Phi) is 3.76. The molecule has 0 saturated heterocycles. The number of nitrogens with one attached hydrogen (secondary N) is 1. The Morgan fingerprint density at radius 1 is 1.41 bits per heavy atom. The van der Waals surface area contributed by atoms with Crippen LogP contribution in [-0.2, 0) is 0 Å². The minimum Gasteiger partial charge on any atom is -0.332 e. The molecule has 0 aliphatic carbocycles. The lowest BCUT2D eigenvalue weighted by Crippen LogP contribution is -2.12. The summed E-state index contributed by atoms with van der Waals surface area (Å²) in [6, 6.07) is 0.395. The third-order valence-corrected chi connectivity index (χ3v) is 4.25. The lowest BCUT2D eigenvalue weighted by Gasteiger charge is -2.11. The van der Waals surface area contributed by atoms with Crippen molar-refractivity contribution < 1.29 is 0 Å². The Balaban J connectivity index is 1.93. The summed E-state index contributed by atoms with van der Waals surface area (Å²) in [5.74, 6) is 0.668. The SMILES string of the molecule is CC(C)C1CN=C(Nc2cnn(C(C)C)c2)S1. The van der Waals surface area contributed by atoms with E-state index in [1.807, 2.05) is 28.8 Å². The molecule has 17 heavy (non-hydrogen) atoms. The summed E-state index contributed by atoms with van der Waals surface area (Å²) in [5, 5.41) is 9.26. The molecule has 2 rings (SSSR count). The second kappa shape index (κ2) is 5.12. The molecule has 0 amide bonds. The van der Waals surface area contributed by atoms with E-state index in [0.717, 1.165) is 17.4 Å². The maximum atomic E-state index is 4.52. The molecule has 0 spiro atoms. The first-order valence-electron chi connectivity index (χ1n) is 6.08. The van der Waals surface area contributed by atoms with E-state index in [0.29, 0.717) is 17.2 Å². The number of rotatable bonds is 3. The monoisotopic (exact) mass is 252 g/mol. The summed E-state index contributed by atoms with van der Waals surface area (Å²) in [7, 11) is 0. The molecular weight excluding hydrogens is 232 g/mol. The predicted molar refractivity (Wildman–Crippen MR) is 74.8 cm³/mol. The van der Waals surface area contributed by atoms with Gasteiger partial charge in [-0.3, -0.25) is 9.67 Å². The van der Waals surface area contributed by atoms with E-state index in [1.54, 1.807) is 0 Å². The highest BCUT2D eigenvalue weighted by atomic mass is 32.2. The molecule has 0 fully saturated rings. The molecule has 2 heterocycles. The fraction of sp³-hybridized carbons (Fsp3) is 0.667. The topological polar surface area (TPSA) is 42.2 Å². The molecule has 1 aliphatic rings. The van der Waals surface area contributed by atoms with Gasteiger partial charge in [0.15, 0.2) is 5.17 Å². The Labute approximate surface area is 107 Å². The molecule has 1 aromatic rings. The van der Waals surface area contributed by atoms with Gasteiger partial charge >= 0.3 is 0 Å². The number of hydrogen-bond donors (Lipinski definition) is 1. The summed E-state index contributed by atoms with van der Waals surface area (Å²) in [4.78, 5) is 4.52. The molecule has 1 aliphatic heterocycles. The normalized spacial score (nSPS) is 20.1. The van der Waals surface area contributed by atoms with Crippen LogP contribution in [0.5, 0.6) is 0 Å². The minimum atomic E-state index is 0.395. The number of aromatic nitrogens is 2. The van der Waals surface area contributed by atoms with Crippen molar-refractivity contribution in [2.24, 2.45) is 10.9 Å². The number of aliphatic imine (C=N–C) groups is 1. The predicted octanol–water partition coefficient (Wildman–Crippen LogP) is 3.00. The molecule has 0 saturated carbocycles. The van der Waals surface area contributed by atoms with E-state index >= 15 is 0 Å². The largest absolute Gasteiger partial charge is 0.332 e. The lowest BCUT2D eigenvalue weighted by atomic mass is 10.1. The minimum absolute atomic E-state index is 0.395. The van der Waals surface area contributed by atoms with Crippen molar-refractivity contribution in [2.75, 3.05) is 11.9 Å². The zero-order valence-corrected chi connectivity index (χ0v) is 11.7. The maximum absolute atomic E-state index is 4.52. The van der Waals surface area contributed by atoms with Gasteiger partial charge in [0.1, 0.15) is 0 Å². The summed E-state index contributed by atoms with van der Waals surface area (Å²) in [6.07, 6.45) is 3.88. The van der Waals surface area contributed by atoms with Crippen molar-refractivity contribution in [2.45, 2.75) is 39.0 Å². The molecule has 4 nitrogen and oxygen atoms in total. The third kappa shape index (κ3) is 3.03. The molecule has 5 heteroatoms. The van der Waals surface area contributed by atoms with E-state index in [-0.39, 0.29) is 0 Å². The third-order valence-electron chi connectivity index (χ3n) is 2.80. The van der Waals surface area contributed by atoms with Crippen LogP contribution in [0.3, 0.4) is 0 Å². The lowest BCUT2D eigenvalue weighted by molar-refractivity contribution is 0.532. The first-order chi connectivity index (χ1) is 8.06. The molecule has 94 valence electrons. The number of amidine groups is 1. The van der Waals surface area contributed by atoms with Gasteiger partial charge in [-0.25, -0.2) is 0 Å². The maximum Gasteiger partial charge on any atom is 0.161 e. The van der Waals surface area contributed by atoms with Gasteiger partial charge < -0.3 is 5.32 Å². The van der Waals surface area contributed by atoms with Gasteiger partial charge in [-0.1, -0.05) is 25.6 Å². The van der Waals surface area contributed by atoms with E-state index < -0.39 is 0 Å². The standard InChI is InChI=1S/C12H20N4S/c1-8(2)11-6-13-12(17-11)15-10-5-14-16(7-10)9(3)4/h5,7-9,11H,6H2,1-4H3,(H,13,15). The summed E-state index contributed by atoms with van der Waals surface area (Å²) < 4.78 is 1.95. The molecule has 1 unspecified atom stereocenters. The second-order valence-corrected chi connectivity index (χ2v) is 6.20. The van der Waals surface area contributed by atoms with Crippen molar-refractivity contribution in [3.63, 3.8) is 0 Å². The molecule has 0 aromatic carbocycles. The van der Waals surface area contributed by atoms with Crippen molar-refractivity contribution >= 4 is 22.6 Å². The Morgan fingerprint density at radius 2 is 2.18 bits per heavy atom. The van der Waals surface area contributed by atoms with E-state index in [9.17, 15) is 0 Å². The average molecular weight is 252 g/mol.